The largest absolute Gasteiger partial charge is 0.208 e. The van der Waals surface area contributed by atoms with Gasteiger partial charge >= 0.3 is 0 Å². The Hall–Kier alpha value is -5.92. The van der Waals surface area contributed by atoms with Crippen molar-refractivity contribution in [2.45, 2.75) is 0 Å². The van der Waals surface area contributed by atoms with Gasteiger partial charge in [-0.3, -0.25) is 0 Å². The summed E-state index contributed by atoms with van der Waals surface area (Å²) in [5.74, 6) is 1.92. The molecule has 1 heterocycles. The first-order valence-corrected chi connectivity index (χ1v) is 13.8. The molecule has 0 radical (unpaired) electrons. The van der Waals surface area contributed by atoms with Crippen LogP contribution in [0.3, 0.4) is 0 Å². The van der Waals surface area contributed by atoms with Crippen LogP contribution in [0.2, 0.25) is 0 Å². The van der Waals surface area contributed by atoms with E-state index in [4.69, 9.17) is 15.0 Å². The maximum atomic E-state index is 9.29. The molecule has 0 atom stereocenters. The van der Waals surface area contributed by atoms with Crippen LogP contribution in [0.1, 0.15) is 5.56 Å². The number of hydrogen-bond acceptors (Lipinski definition) is 4. The molecule has 7 aromatic rings. The predicted octanol–water partition coefficient (Wildman–Crippen LogP) is 9.23. The lowest BCUT2D eigenvalue weighted by atomic mass is 9.93. The molecule has 7 rings (SSSR count). The average molecular weight is 537 g/mol. The Morgan fingerprint density at radius 1 is 0.381 bits per heavy atom. The molecule has 4 heteroatoms. The van der Waals surface area contributed by atoms with Gasteiger partial charge in [0, 0.05) is 16.7 Å². The van der Waals surface area contributed by atoms with E-state index in [0.29, 0.717) is 23.0 Å². The molecule has 42 heavy (non-hydrogen) atoms. The van der Waals surface area contributed by atoms with Gasteiger partial charge in [-0.25, -0.2) is 15.0 Å². The highest BCUT2D eigenvalue weighted by Crippen LogP contribution is 2.36. The SMILES string of the molecule is N#Cc1cccc(-c2ccc(-c3ccc(-c4nc(-c5ccccc5)nc(-c5ccccc5)n4)c4ccccc34)cc2)c1. The third-order valence-electron chi connectivity index (χ3n) is 7.39. The molecular formula is C38H24N4. The second-order valence-electron chi connectivity index (χ2n) is 10.0. The molecule has 1 aromatic heterocycles. The first-order chi connectivity index (χ1) is 20.8. The molecule has 0 unspecified atom stereocenters. The zero-order valence-corrected chi connectivity index (χ0v) is 22.6. The van der Waals surface area contributed by atoms with Gasteiger partial charge in [0.1, 0.15) is 0 Å². The summed E-state index contributed by atoms with van der Waals surface area (Å²) in [6, 6.07) is 51.1. The van der Waals surface area contributed by atoms with Crippen molar-refractivity contribution in [3.8, 4) is 62.5 Å². The van der Waals surface area contributed by atoms with Gasteiger partial charge < -0.3 is 0 Å². The Labute approximate surface area is 244 Å². The van der Waals surface area contributed by atoms with Crippen molar-refractivity contribution in [2.24, 2.45) is 0 Å². The molecule has 4 nitrogen and oxygen atoms in total. The van der Waals surface area contributed by atoms with Crippen molar-refractivity contribution >= 4 is 10.8 Å². The summed E-state index contributed by atoms with van der Waals surface area (Å²) in [6.45, 7) is 0. The smallest absolute Gasteiger partial charge is 0.164 e. The van der Waals surface area contributed by atoms with E-state index in [1.54, 1.807) is 0 Å². The van der Waals surface area contributed by atoms with Crippen molar-refractivity contribution < 1.29 is 0 Å². The summed E-state index contributed by atoms with van der Waals surface area (Å²) in [6.07, 6.45) is 0. The van der Waals surface area contributed by atoms with Gasteiger partial charge in [-0.15, -0.1) is 0 Å². The molecular weight excluding hydrogens is 512 g/mol. The third kappa shape index (κ3) is 4.81. The second kappa shape index (κ2) is 10.9. The standard InChI is InChI=1S/C38H24N4/c39-25-26-10-9-15-31(24-26)27-18-20-28(21-19-27)32-22-23-35(34-17-8-7-16-33(32)34)38-41-36(29-11-3-1-4-12-29)40-37(42-38)30-13-5-2-6-14-30/h1-24H. The number of aromatic nitrogens is 3. The first-order valence-electron chi connectivity index (χ1n) is 13.8. The molecule has 0 N–H and O–H groups in total. The maximum absolute atomic E-state index is 9.29. The zero-order valence-electron chi connectivity index (χ0n) is 22.6. The lowest BCUT2D eigenvalue weighted by molar-refractivity contribution is 1.08. The van der Waals surface area contributed by atoms with Gasteiger partial charge in [-0.2, -0.15) is 5.26 Å². The molecule has 0 fully saturated rings. The zero-order chi connectivity index (χ0) is 28.3. The van der Waals surface area contributed by atoms with E-state index >= 15 is 0 Å². The molecule has 0 aliphatic carbocycles. The Morgan fingerprint density at radius 2 is 0.881 bits per heavy atom. The van der Waals surface area contributed by atoms with E-state index in [9.17, 15) is 5.26 Å². The third-order valence-corrected chi connectivity index (χ3v) is 7.39. The molecule has 196 valence electrons. The van der Waals surface area contributed by atoms with Crippen LogP contribution in [-0.2, 0) is 0 Å². The van der Waals surface area contributed by atoms with Gasteiger partial charge in [0.25, 0.3) is 0 Å². The minimum Gasteiger partial charge on any atom is -0.208 e. The van der Waals surface area contributed by atoms with Gasteiger partial charge in [0.15, 0.2) is 17.5 Å². The van der Waals surface area contributed by atoms with Gasteiger partial charge in [0.05, 0.1) is 11.6 Å². The highest BCUT2D eigenvalue weighted by molar-refractivity contribution is 6.04. The van der Waals surface area contributed by atoms with E-state index in [2.05, 4.69) is 66.7 Å². The molecule has 0 spiro atoms. The van der Waals surface area contributed by atoms with E-state index < -0.39 is 0 Å². The van der Waals surface area contributed by atoms with Crippen LogP contribution in [-0.4, -0.2) is 15.0 Å². The monoisotopic (exact) mass is 536 g/mol. The van der Waals surface area contributed by atoms with E-state index in [1.165, 1.54) is 0 Å². The molecule has 6 aromatic carbocycles. The molecule has 0 saturated heterocycles. The second-order valence-corrected chi connectivity index (χ2v) is 10.0. The fourth-order valence-electron chi connectivity index (χ4n) is 5.29. The molecule has 0 aliphatic rings. The van der Waals surface area contributed by atoms with Crippen LogP contribution in [0.5, 0.6) is 0 Å². The lowest BCUT2D eigenvalue weighted by Crippen LogP contribution is -2.00. The Morgan fingerprint density at radius 3 is 1.50 bits per heavy atom. The molecule has 0 bridgehead atoms. The van der Waals surface area contributed by atoms with Crippen molar-refractivity contribution in [3.63, 3.8) is 0 Å². The number of rotatable bonds is 5. The van der Waals surface area contributed by atoms with Crippen LogP contribution >= 0.6 is 0 Å². The highest BCUT2D eigenvalue weighted by atomic mass is 15.0. The molecule has 0 amide bonds. The first kappa shape index (κ1) is 25.1. The summed E-state index contributed by atoms with van der Waals surface area (Å²) in [5, 5.41) is 11.5. The van der Waals surface area contributed by atoms with Crippen LogP contribution in [0.25, 0.3) is 67.2 Å². The summed E-state index contributed by atoms with van der Waals surface area (Å²) < 4.78 is 0. The number of benzene rings is 6. The average Bonchev–Trinajstić information content (AvgIpc) is 3.08. The number of hydrogen-bond donors (Lipinski definition) is 0. The molecule has 0 saturated carbocycles. The number of fused-ring (bicyclic) bond motifs is 1. The summed E-state index contributed by atoms with van der Waals surface area (Å²) in [7, 11) is 0. The van der Waals surface area contributed by atoms with Gasteiger partial charge in [-0.05, 0) is 51.2 Å². The number of nitrogens with zero attached hydrogens (tertiary/aromatic N) is 4. The summed E-state index contributed by atoms with van der Waals surface area (Å²) in [5.41, 5.74) is 7.84. The predicted molar refractivity (Wildman–Crippen MR) is 169 cm³/mol. The van der Waals surface area contributed by atoms with Crippen molar-refractivity contribution in [3.05, 3.63) is 151 Å². The van der Waals surface area contributed by atoms with Crippen molar-refractivity contribution in [1.29, 1.82) is 5.26 Å². The number of nitriles is 1. The van der Waals surface area contributed by atoms with Crippen LogP contribution < -0.4 is 0 Å². The van der Waals surface area contributed by atoms with Gasteiger partial charge in [0.2, 0.25) is 0 Å². The quantitative estimate of drug-likeness (QED) is 0.220. The Bertz CT molecular complexity index is 2020. The summed E-state index contributed by atoms with van der Waals surface area (Å²) in [4.78, 5) is 14.8. The lowest BCUT2D eigenvalue weighted by Gasteiger charge is -2.13. The summed E-state index contributed by atoms with van der Waals surface area (Å²) >= 11 is 0. The Kier molecular flexibility index (Phi) is 6.52. The fourth-order valence-corrected chi connectivity index (χ4v) is 5.29. The minimum absolute atomic E-state index is 0.637. The van der Waals surface area contributed by atoms with E-state index in [-0.39, 0.29) is 0 Å². The van der Waals surface area contributed by atoms with Crippen LogP contribution in [0, 0.1) is 11.3 Å². The Balaban J connectivity index is 1.35. The van der Waals surface area contributed by atoms with Crippen molar-refractivity contribution in [1.82, 2.24) is 15.0 Å². The van der Waals surface area contributed by atoms with Crippen LogP contribution in [0.4, 0.5) is 0 Å². The molecule has 0 aliphatic heterocycles. The minimum atomic E-state index is 0.637. The topological polar surface area (TPSA) is 62.5 Å². The maximum Gasteiger partial charge on any atom is 0.164 e. The van der Waals surface area contributed by atoms with Crippen LogP contribution in [0.15, 0.2) is 146 Å². The fraction of sp³-hybridized carbons (Fsp3) is 0. The van der Waals surface area contributed by atoms with E-state index in [0.717, 1.165) is 49.7 Å². The normalized spacial score (nSPS) is 10.8. The van der Waals surface area contributed by atoms with Gasteiger partial charge in [-0.1, -0.05) is 127 Å². The van der Waals surface area contributed by atoms with E-state index in [1.807, 2.05) is 84.9 Å². The van der Waals surface area contributed by atoms with Crippen molar-refractivity contribution in [2.75, 3.05) is 0 Å². The highest BCUT2D eigenvalue weighted by Gasteiger charge is 2.16.